The van der Waals surface area contributed by atoms with Crippen LogP contribution in [0.2, 0.25) is 0 Å². The highest BCUT2D eigenvalue weighted by Gasteiger charge is 2.43. The van der Waals surface area contributed by atoms with Gasteiger partial charge in [-0.25, -0.2) is 0 Å². The molecule has 1 aliphatic heterocycles. The average molecular weight is 497 g/mol. The van der Waals surface area contributed by atoms with Crippen LogP contribution in [0.5, 0.6) is 0 Å². The number of nitrogens with zero attached hydrogens (tertiary/aromatic N) is 2. The number of hydrogen-bond donors (Lipinski definition) is 2. The average Bonchev–Trinajstić information content (AvgIpc) is 3.12. The molecule has 0 saturated carbocycles. The molecule has 1 saturated heterocycles. The van der Waals surface area contributed by atoms with E-state index in [0.717, 1.165) is 32.4 Å². The summed E-state index contributed by atoms with van der Waals surface area (Å²) in [6, 6.07) is 6.97. The van der Waals surface area contributed by atoms with Crippen molar-refractivity contribution in [1.82, 2.24) is 9.47 Å². The Kier molecular flexibility index (Phi) is 8.86. The molecule has 1 fully saturated rings. The molecule has 2 N–H and O–H groups in total. The molecule has 0 unspecified atom stereocenters. The number of aromatic nitrogens is 1. The van der Waals surface area contributed by atoms with Gasteiger partial charge in [0.2, 0.25) is 0 Å². The highest BCUT2D eigenvalue weighted by molar-refractivity contribution is 7.79. The molecule has 0 bridgehead atoms. The Hall–Kier alpha value is -2.27. The molecule has 1 aromatic heterocycles. The molecule has 3 atom stereocenters. The topological polar surface area (TPSA) is 109 Å². The number of fused-ring (bicyclic) bond motifs is 2. The Labute approximate surface area is 200 Å². The SMILES string of the molecule is C=CCN1C[C@H](C(=O)OCCCF)C[C@@H]2c3cccc4c3c(cn4CCC)C[C@H]21.O=S(=O)(O)O. The fraction of sp³-hybridized carbons (Fsp3) is 0.542. The number of carbonyl (C=O) groups excluding carboxylic acids is 1. The number of ether oxygens (including phenoxy) is 1. The van der Waals surface area contributed by atoms with Crippen LogP contribution in [-0.4, -0.2) is 65.4 Å². The minimum Gasteiger partial charge on any atom is -0.465 e. The molecule has 0 spiro atoms. The van der Waals surface area contributed by atoms with Gasteiger partial charge in [0.1, 0.15) is 0 Å². The number of aryl methyl sites for hydroxylation is 1. The van der Waals surface area contributed by atoms with E-state index in [-0.39, 0.29) is 24.9 Å². The molecule has 8 nitrogen and oxygen atoms in total. The van der Waals surface area contributed by atoms with Gasteiger partial charge in [-0.3, -0.25) is 23.2 Å². The lowest BCUT2D eigenvalue weighted by molar-refractivity contribution is -0.151. The van der Waals surface area contributed by atoms with Crippen molar-refractivity contribution in [1.29, 1.82) is 0 Å². The van der Waals surface area contributed by atoms with E-state index in [4.69, 9.17) is 22.3 Å². The van der Waals surface area contributed by atoms with Gasteiger partial charge in [0.05, 0.1) is 19.2 Å². The number of benzene rings is 1. The predicted molar refractivity (Wildman–Crippen MR) is 128 cm³/mol. The van der Waals surface area contributed by atoms with Crippen LogP contribution in [0.15, 0.2) is 37.1 Å². The number of carbonyl (C=O) groups is 1. The highest BCUT2D eigenvalue weighted by atomic mass is 32.3. The lowest BCUT2D eigenvalue weighted by Gasteiger charge is -2.46. The first-order chi connectivity index (χ1) is 16.2. The van der Waals surface area contributed by atoms with E-state index < -0.39 is 17.1 Å². The normalized spacial score (nSPS) is 21.9. The number of piperidine rings is 1. The molecule has 4 rings (SSSR count). The molecule has 2 aromatic rings. The lowest BCUT2D eigenvalue weighted by Crippen LogP contribution is -2.51. The molecule has 1 aliphatic carbocycles. The van der Waals surface area contributed by atoms with E-state index in [1.807, 2.05) is 6.08 Å². The van der Waals surface area contributed by atoms with Crippen molar-refractivity contribution in [3.05, 3.63) is 48.2 Å². The van der Waals surface area contributed by atoms with Crippen molar-refractivity contribution in [3.63, 3.8) is 0 Å². The maximum Gasteiger partial charge on any atom is 0.394 e. The van der Waals surface area contributed by atoms with Crippen LogP contribution in [0.1, 0.15) is 43.2 Å². The lowest BCUT2D eigenvalue weighted by atomic mass is 9.72. The number of likely N-dealkylation sites (tertiary alicyclic amines) is 1. The van der Waals surface area contributed by atoms with Gasteiger partial charge in [-0.05, 0) is 36.5 Å². The summed E-state index contributed by atoms with van der Waals surface area (Å²) >= 11 is 0. The quantitative estimate of drug-likeness (QED) is 0.247. The molecule has 1 aromatic carbocycles. The third-order valence-electron chi connectivity index (χ3n) is 6.46. The first kappa shape index (κ1) is 26.3. The van der Waals surface area contributed by atoms with Gasteiger partial charge in [0, 0.05) is 55.1 Å². The summed E-state index contributed by atoms with van der Waals surface area (Å²) in [7, 11) is -4.67. The van der Waals surface area contributed by atoms with Gasteiger partial charge in [0.15, 0.2) is 0 Å². The van der Waals surface area contributed by atoms with Crippen LogP contribution >= 0.6 is 0 Å². The van der Waals surface area contributed by atoms with Gasteiger partial charge in [-0.15, -0.1) is 6.58 Å². The summed E-state index contributed by atoms with van der Waals surface area (Å²) in [5, 5.41) is 1.38. The Bertz CT molecular complexity index is 1110. The fourth-order valence-corrected chi connectivity index (χ4v) is 5.29. The maximum atomic E-state index is 12.7. The molecule has 10 heteroatoms. The van der Waals surface area contributed by atoms with Gasteiger partial charge < -0.3 is 9.30 Å². The Morgan fingerprint density at radius 1 is 1.35 bits per heavy atom. The van der Waals surface area contributed by atoms with E-state index in [1.54, 1.807) is 0 Å². The molecule has 0 radical (unpaired) electrons. The molecule has 2 heterocycles. The standard InChI is InChI=1S/C24H31FN2O2.H2O4S/c1-3-10-26-15-17-14-22-20(19-7-5-8-21(26)23(17)19)13-18(16-27(22)11-4-2)24(28)29-12-6-9-25;1-5(2,3)4/h4-5,7-8,15,18,20,22H,2-3,6,9-14,16H2,1H3;(H2,1,2,3,4)/t18-,20-,22-;/m1./s1. The Morgan fingerprint density at radius 3 is 2.74 bits per heavy atom. The fourth-order valence-electron chi connectivity index (χ4n) is 5.29. The van der Waals surface area contributed by atoms with Crippen LogP contribution in [0, 0.1) is 5.92 Å². The second-order valence-electron chi connectivity index (χ2n) is 8.80. The van der Waals surface area contributed by atoms with Crippen molar-refractivity contribution in [2.45, 2.75) is 51.1 Å². The first-order valence-corrected chi connectivity index (χ1v) is 13.0. The third-order valence-corrected chi connectivity index (χ3v) is 6.46. The van der Waals surface area contributed by atoms with E-state index in [9.17, 15) is 9.18 Å². The van der Waals surface area contributed by atoms with Crippen molar-refractivity contribution in [3.8, 4) is 0 Å². The zero-order valence-electron chi connectivity index (χ0n) is 19.4. The van der Waals surface area contributed by atoms with Gasteiger partial charge in [0.25, 0.3) is 0 Å². The Morgan fingerprint density at radius 2 is 2.09 bits per heavy atom. The van der Waals surface area contributed by atoms with Crippen molar-refractivity contribution < 1.29 is 31.4 Å². The van der Waals surface area contributed by atoms with Crippen LogP contribution in [-0.2, 0) is 32.9 Å². The smallest absolute Gasteiger partial charge is 0.394 e. The number of esters is 1. The van der Waals surface area contributed by atoms with E-state index >= 15 is 0 Å². The predicted octanol–water partition coefficient (Wildman–Crippen LogP) is 3.82. The van der Waals surface area contributed by atoms with E-state index in [0.29, 0.717) is 18.5 Å². The highest BCUT2D eigenvalue weighted by Crippen LogP contribution is 2.45. The molecule has 2 aliphatic rings. The van der Waals surface area contributed by atoms with Crippen molar-refractivity contribution >= 4 is 27.3 Å². The summed E-state index contributed by atoms with van der Waals surface area (Å²) in [4.78, 5) is 15.1. The molecule has 0 amide bonds. The molecule has 188 valence electrons. The monoisotopic (exact) mass is 496 g/mol. The van der Waals surface area contributed by atoms with E-state index in [1.165, 1.54) is 22.0 Å². The second kappa shape index (κ2) is 11.4. The number of halogens is 1. The van der Waals surface area contributed by atoms with Crippen LogP contribution in [0.3, 0.4) is 0 Å². The minimum atomic E-state index is -4.67. The third kappa shape index (κ3) is 6.24. The van der Waals surface area contributed by atoms with E-state index in [2.05, 4.69) is 47.4 Å². The number of hydrogen-bond acceptors (Lipinski definition) is 5. The van der Waals surface area contributed by atoms with Gasteiger partial charge in [-0.2, -0.15) is 8.42 Å². The van der Waals surface area contributed by atoms with Crippen molar-refractivity contribution in [2.24, 2.45) is 5.92 Å². The van der Waals surface area contributed by atoms with Crippen molar-refractivity contribution in [2.75, 3.05) is 26.4 Å². The summed E-state index contributed by atoms with van der Waals surface area (Å²) in [5.41, 5.74) is 4.09. The second-order valence-corrected chi connectivity index (χ2v) is 9.70. The Balaban J connectivity index is 0.000000588. The zero-order valence-corrected chi connectivity index (χ0v) is 20.2. The zero-order chi connectivity index (χ0) is 24.9. The van der Waals surface area contributed by atoms with Crippen LogP contribution in [0.25, 0.3) is 10.9 Å². The molecular weight excluding hydrogens is 463 g/mol. The van der Waals surface area contributed by atoms with Gasteiger partial charge >= 0.3 is 16.4 Å². The number of rotatable bonds is 8. The summed E-state index contributed by atoms with van der Waals surface area (Å²) < 4.78 is 51.7. The molecular formula is C24H33FN2O6S. The van der Waals surface area contributed by atoms with Crippen LogP contribution in [0.4, 0.5) is 4.39 Å². The summed E-state index contributed by atoms with van der Waals surface area (Å²) in [6.45, 7) is 8.32. The maximum absolute atomic E-state index is 12.7. The summed E-state index contributed by atoms with van der Waals surface area (Å²) in [5.74, 6) is -0.0612. The summed E-state index contributed by atoms with van der Waals surface area (Å²) in [6.07, 6.45) is 7.43. The first-order valence-electron chi connectivity index (χ1n) is 11.6. The largest absolute Gasteiger partial charge is 0.465 e. The van der Waals surface area contributed by atoms with Crippen LogP contribution < -0.4 is 0 Å². The minimum absolute atomic E-state index is 0.168. The number of alkyl halides is 1. The molecule has 34 heavy (non-hydrogen) atoms. The van der Waals surface area contributed by atoms with Gasteiger partial charge in [-0.1, -0.05) is 25.1 Å².